The molecule has 0 radical (unpaired) electrons. The molecular formula is C28H19BrN2O. The van der Waals surface area contributed by atoms with Crippen LogP contribution < -0.4 is 4.74 Å². The molecule has 154 valence electrons. The molecule has 4 heteroatoms. The maximum Gasteiger partial charge on any atom is 0.251 e. The van der Waals surface area contributed by atoms with Crippen molar-refractivity contribution < 1.29 is 4.74 Å². The van der Waals surface area contributed by atoms with Crippen molar-refractivity contribution in [2.24, 2.45) is 5.10 Å². The highest BCUT2D eigenvalue weighted by atomic mass is 79.9. The van der Waals surface area contributed by atoms with Gasteiger partial charge >= 0.3 is 0 Å². The van der Waals surface area contributed by atoms with Gasteiger partial charge in [0.1, 0.15) is 5.75 Å². The first-order chi connectivity index (χ1) is 15.8. The van der Waals surface area contributed by atoms with Gasteiger partial charge in [0.15, 0.2) is 0 Å². The highest BCUT2D eigenvalue weighted by Crippen LogP contribution is 2.59. The molecule has 4 aromatic carbocycles. The second kappa shape index (κ2) is 6.57. The first kappa shape index (κ1) is 18.2. The van der Waals surface area contributed by atoms with Crippen LogP contribution in [0.4, 0.5) is 0 Å². The van der Waals surface area contributed by atoms with Gasteiger partial charge in [-0.1, -0.05) is 94.8 Å². The normalized spacial score (nSPS) is 19.0. The lowest BCUT2D eigenvalue weighted by atomic mass is 9.91. The summed E-state index contributed by atoms with van der Waals surface area (Å²) in [5.41, 5.74) is 7.37. The summed E-state index contributed by atoms with van der Waals surface area (Å²) in [6, 6.07) is 34.0. The van der Waals surface area contributed by atoms with Crippen molar-refractivity contribution in [2.75, 3.05) is 0 Å². The summed E-state index contributed by atoms with van der Waals surface area (Å²) in [7, 11) is 0. The minimum atomic E-state index is -0.783. The van der Waals surface area contributed by atoms with Crippen LogP contribution >= 0.6 is 15.9 Å². The Kier molecular flexibility index (Phi) is 3.74. The lowest BCUT2D eigenvalue weighted by Crippen LogP contribution is -2.50. The van der Waals surface area contributed by atoms with E-state index in [9.17, 15) is 0 Å². The minimum Gasteiger partial charge on any atom is -0.457 e. The van der Waals surface area contributed by atoms with Crippen molar-refractivity contribution >= 4 is 21.6 Å². The van der Waals surface area contributed by atoms with E-state index in [2.05, 4.69) is 112 Å². The van der Waals surface area contributed by atoms with Gasteiger partial charge < -0.3 is 4.74 Å². The molecule has 0 N–H and O–H groups in total. The highest BCUT2D eigenvalue weighted by Gasteiger charge is 2.57. The lowest BCUT2D eigenvalue weighted by Gasteiger charge is -2.46. The van der Waals surface area contributed by atoms with Crippen LogP contribution in [0.25, 0.3) is 11.1 Å². The molecular weight excluding hydrogens is 460 g/mol. The highest BCUT2D eigenvalue weighted by molar-refractivity contribution is 9.10. The first-order valence-corrected chi connectivity index (χ1v) is 11.6. The van der Waals surface area contributed by atoms with Gasteiger partial charge in [-0.05, 0) is 34.9 Å². The van der Waals surface area contributed by atoms with E-state index in [1.807, 2.05) is 6.07 Å². The number of nitrogens with zero attached hydrogens (tertiary/aromatic N) is 2. The zero-order chi connectivity index (χ0) is 21.3. The fourth-order valence-electron chi connectivity index (χ4n) is 5.46. The molecule has 0 saturated heterocycles. The molecule has 2 aliphatic heterocycles. The Hall–Kier alpha value is -3.37. The Morgan fingerprint density at radius 2 is 1.47 bits per heavy atom. The SMILES string of the molecule is Brc1ccc2c(c1)C1CC(c3ccccc3)=NN1C1(O2)c2ccccc2-c2ccccc21. The summed E-state index contributed by atoms with van der Waals surface area (Å²) in [5, 5.41) is 7.47. The molecule has 0 bridgehead atoms. The van der Waals surface area contributed by atoms with Gasteiger partial charge in [-0.3, -0.25) is 0 Å². The van der Waals surface area contributed by atoms with Crippen molar-refractivity contribution in [3.8, 4) is 16.9 Å². The van der Waals surface area contributed by atoms with Crippen molar-refractivity contribution in [3.63, 3.8) is 0 Å². The smallest absolute Gasteiger partial charge is 0.251 e. The molecule has 1 unspecified atom stereocenters. The summed E-state index contributed by atoms with van der Waals surface area (Å²) in [5.74, 6) is 0.922. The van der Waals surface area contributed by atoms with E-state index in [-0.39, 0.29) is 6.04 Å². The average molecular weight is 479 g/mol. The molecule has 1 atom stereocenters. The van der Waals surface area contributed by atoms with Gasteiger partial charge in [0.25, 0.3) is 5.72 Å². The fraction of sp³-hybridized carbons (Fsp3) is 0.107. The maximum atomic E-state index is 6.98. The molecule has 3 aliphatic rings. The van der Waals surface area contributed by atoms with E-state index in [4.69, 9.17) is 9.84 Å². The summed E-state index contributed by atoms with van der Waals surface area (Å²) < 4.78 is 8.04. The number of hydrogen-bond acceptors (Lipinski definition) is 3. The molecule has 3 nitrogen and oxygen atoms in total. The molecule has 7 rings (SSSR count). The van der Waals surface area contributed by atoms with E-state index in [0.29, 0.717) is 0 Å². The number of hydrazone groups is 1. The summed E-state index contributed by atoms with van der Waals surface area (Å²) in [6.07, 6.45) is 0.836. The number of ether oxygens (including phenoxy) is 1. The zero-order valence-electron chi connectivity index (χ0n) is 17.2. The van der Waals surface area contributed by atoms with Crippen LogP contribution in [0.2, 0.25) is 0 Å². The van der Waals surface area contributed by atoms with E-state index in [0.717, 1.165) is 39.0 Å². The topological polar surface area (TPSA) is 24.8 Å². The minimum absolute atomic E-state index is 0.0886. The second-order valence-corrected chi connectivity index (χ2v) is 9.41. The van der Waals surface area contributed by atoms with Gasteiger partial charge in [-0.25, -0.2) is 5.01 Å². The van der Waals surface area contributed by atoms with Gasteiger partial charge in [0, 0.05) is 27.6 Å². The number of halogens is 1. The first-order valence-electron chi connectivity index (χ1n) is 10.9. The molecule has 1 spiro atoms. The van der Waals surface area contributed by atoms with E-state index in [1.165, 1.54) is 16.7 Å². The van der Waals surface area contributed by atoms with Crippen molar-refractivity contribution in [1.82, 2.24) is 5.01 Å². The van der Waals surface area contributed by atoms with Crippen LogP contribution in [-0.4, -0.2) is 10.7 Å². The molecule has 0 amide bonds. The van der Waals surface area contributed by atoms with Gasteiger partial charge in [0.05, 0.1) is 11.8 Å². The summed E-state index contributed by atoms with van der Waals surface area (Å²) >= 11 is 3.66. The van der Waals surface area contributed by atoms with Crippen LogP contribution in [0.3, 0.4) is 0 Å². The Balaban J connectivity index is 1.53. The van der Waals surface area contributed by atoms with Crippen LogP contribution in [0.1, 0.15) is 34.7 Å². The predicted octanol–water partition coefficient (Wildman–Crippen LogP) is 6.87. The molecule has 32 heavy (non-hydrogen) atoms. The average Bonchev–Trinajstić information content (AvgIpc) is 3.41. The van der Waals surface area contributed by atoms with Crippen molar-refractivity contribution in [3.05, 3.63) is 124 Å². The molecule has 1 aliphatic carbocycles. The third kappa shape index (κ3) is 2.33. The van der Waals surface area contributed by atoms with Gasteiger partial charge in [-0.2, -0.15) is 5.10 Å². The van der Waals surface area contributed by atoms with E-state index in [1.54, 1.807) is 0 Å². The maximum absolute atomic E-state index is 6.98. The Bertz CT molecular complexity index is 1370. The monoisotopic (exact) mass is 478 g/mol. The van der Waals surface area contributed by atoms with Crippen LogP contribution in [-0.2, 0) is 5.72 Å². The van der Waals surface area contributed by atoms with E-state index < -0.39 is 5.72 Å². The zero-order valence-corrected chi connectivity index (χ0v) is 18.8. The number of hydrogen-bond donors (Lipinski definition) is 0. The largest absolute Gasteiger partial charge is 0.457 e. The Morgan fingerprint density at radius 1 is 0.812 bits per heavy atom. The Morgan fingerprint density at radius 3 is 2.19 bits per heavy atom. The third-order valence-corrected chi connectivity index (χ3v) is 7.30. The Labute approximate surface area is 195 Å². The lowest BCUT2D eigenvalue weighted by molar-refractivity contribution is -0.0910. The number of fused-ring (bicyclic) bond motifs is 9. The molecule has 2 heterocycles. The number of rotatable bonds is 1. The van der Waals surface area contributed by atoms with Gasteiger partial charge in [-0.15, -0.1) is 0 Å². The van der Waals surface area contributed by atoms with Crippen LogP contribution in [0, 0.1) is 0 Å². The molecule has 0 saturated carbocycles. The van der Waals surface area contributed by atoms with Crippen LogP contribution in [0.5, 0.6) is 5.75 Å². The molecule has 0 aromatic heterocycles. The van der Waals surface area contributed by atoms with Gasteiger partial charge in [0.2, 0.25) is 0 Å². The summed E-state index contributed by atoms with van der Waals surface area (Å²) in [4.78, 5) is 0. The number of benzene rings is 4. The predicted molar refractivity (Wildman–Crippen MR) is 130 cm³/mol. The standard InChI is InChI=1S/C28H19BrN2O/c29-19-14-15-27-22(16-19)26-17-25(18-8-2-1-3-9-18)30-31(26)28(32-27)23-12-6-4-10-20(23)21-11-5-7-13-24(21)28/h1-16,26H,17H2. The third-order valence-electron chi connectivity index (χ3n) is 6.80. The van der Waals surface area contributed by atoms with E-state index >= 15 is 0 Å². The fourth-order valence-corrected chi connectivity index (χ4v) is 5.83. The second-order valence-electron chi connectivity index (χ2n) is 8.50. The molecule has 4 aromatic rings. The molecule has 0 fully saturated rings. The summed E-state index contributed by atoms with van der Waals surface area (Å²) in [6.45, 7) is 0. The van der Waals surface area contributed by atoms with Crippen LogP contribution in [0.15, 0.2) is 107 Å². The van der Waals surface area contributed by atoms with Crippen molar-refractivity contribution in [1.29, 1.82) is 0 Å². The quantitative estimate of drug-likeness (QED) is 0.298. The van der Waals surface area contributed by atoms with Crippen molar-refractivity contribution in [2.45, 2.75) is 18.2 Å².